The van der Waals surface area contributed by atoms with E-state index in [0.29, 0.717) is 16.1 Å². The number of aliphatic hydroxyl groups is 4. The smallest absolute Gasteiger partial charge is 0.211 e. The fourth-order valence-electron chi connectivity index (χ4n) is 2.73. The van der Waals surface area contributed by atoms with E-state index in [0.717, 1.165) is 22.3 Å². The van der Waals surface area contributed by atoms with Crippen molar-refractivity contribution in [3.8, 4) is 10.6 Å². The van der Waals surface area contributed by atoms with E-state index in [1.165, 1.54) is 11.3 Å². The highest BCUT2D eigenvalue weighted by molar-refractivity contribution is 8.14. The Morgan fingerprint density at radius 1 is 1.21 bits per heavy atom. The minimum atomic E-state index is -1.44. The first-order chi connectivity index (χ1) is 14.0. The first-order valence-electron chi connectivity index (χ1n) is 8.65. The first-order valence-corrected chi connectivity index (χ1v) is 10.3. The van der Waals surface area contributed by atoms with E-state index in [2.05, 4.69) is 30.5 Å². The van der Waals surface area contributed by atoms with Gasteiger partial charge in [0.1, 0.15) is 42.2 Å². The zero-order valence-electron chi connectivity index (χ0n) is 14.9. The number of aliphatic hydroxyl groups excluding tert-OH is 4. The van der Waals surface area contributed by atoms with Gasteiger partial charge in [-0.1, -0.05) is 23.1 Å². The van der Waals surface area contributed by atoms with Crippen LogP contribution in [0.2, 0.25) is 0 Å². The van der Waals surface area contributed by atoms with E-state index in [4.69, 9.17) is 4.74 Å². The van der Waals surface area contributed by atoms with Crippen LogP contribution in [-0.2, 0) is 4.74 Å². The quantitative estimate of drug-likeness (QED) is 0.412. The lowest BCUT2D eigenvalue weighted by Gasteiger charge is -2.39. The number of thioether (sulfide) groups is 1. The van der Waals surface area contributed by atoms with Gasteiger partial charge in [-0.05, 0) is 12.1 Å². The van der Waals surface area contributed by atoms with Crippen LogP contribution in [0.1, 0.15) is 0 Å². The molecule has 4 heterocycles. The molecule has 5 atom stereocenters. The molecule has 2 aromatic heterocycles. The molecule has 11 nitrogen and oxygen atoms in total. The van der Waals surface area contributed by atoms with E-state index < -0.39 is 36.5 Å². The number of nitrogens with zero attached hydrogens (tertiary/aromatic N) is 5. The maximum Gasteiger partial charge on any atom is 0.211 e. The molecule has 2 aliphatic heterocycles. The maximum atomic E-state index is 10.1. The molecule has 1 saturated heterocycles. The number of aromatic nitrogens is 3. The molecule has 0 aliphatic carbocycles. The van der Waals surface area contributed by atoms with Crippen molar-refractivity contribution < 1.29 is 25.2 Å². The molecule has 0 radical (unpaired) electrons. The summed E-state index contributed by atoms with van der Waals surface area (Å²) in [6.45, 7) is -0.206. The maximum absolute atomic E-state index is 10.1. The molecule has 1 fully saturated rings. The van der Waals surface area contributed by atoms with Crippen molar-refractivity contribution in [3.63, 3.8) is 0 Å². The van der Waals surface area contributed by atoms with E-state index >= 15 is 0 Å². The Morgan fingerprint density at radius 3 is 2.83 bits per heavy atom. The molecule has 0 amide bonds. The Kier molecular flexibility index (Phi) is 6.15. The minimum Gasteiger partial charge on any atom is -0.394 e. The fourth-order valence-corrected chi connectivity index (χ4v) is 4.49. The largest absolute Gasteiger partial charge is 0.394 e. The number of rotatable bonds is 4. The second kappa shape index (κ2) is 8.79. The van der Waals surface area contributed by atoms with Crippen LogP contribution in [0.15, 0.2) is 34.5 Å². The highest BCUT2D eigenvalue weighted by atomic mass is 32.2. The molecular weight excluding hydrogens is 420 g/mol. The van der Waals surface area contributed by atoms with Gasteiger partial charge in [0, 0.05) is 18.0 Å². The van der Waals surface area contributed by atoms with Gasteiger partial charge in [-0.3, -0.25) is 9.98 Å². The summed E-state index contributed by atoms with van der Waals surface area (Å²) in [5.74, 6) is 0.547. The first kappa shape index (κ1) is 20.3. The van der Waals surface area contributed by atoms with E-state index in [9.17, 15) is 20.4 Å². The van der Waals surface area contributed by atoms with E-state index in [1.54, 1.807) is 12.4 Å². The summed E-state index contributed by atoms with van der Waals surface area (Å²) in [6.07, 6.45) is -1.77. The molecule has 0 bridgehead atoms. The molecule has 29 heavy (non-hydrogen) atoms. The number of ether oxygens (including phenoxy) is 1. The average Bonchev–Trinajstić information content (AvgIpc) is 3.39. The van der Waals surface area contributed by atoms with Crippen LogP contribution < -0.4 is 5.32 Å². The van der Waals surface area contributed by atoms with Crippen molar-refractivity contribution in [1.82, 2.24) is 15.2 Å². The predicted octanol–water partition coefficient (Wildman–Crippen LogP) is -0.687. The fraction of sp³-hybridized carbons (Fsp3) is 0.438. The van der Waals surface area contributed by atoms with Crippen LogP contribution in [0.3, 0.4) is 0 Å². The average molecular weight is 438 g/mol. The zero-order chi connectivity index (χ0) is 20.4. The predicted molar refractivity (Wildman–Crippen MR) is 108 cm³/mol. The molecule has 0 aromatic carbocycles. The molecule has 0 spiro atoms. The Labute approximate surface area is 173 Å². The van der Waals surface area contributed by atoms with Crippen molar-refractivity contribution in [3.05, 3.63) is 24.5 Å². The van der Waals surface area contributed by atoms with Crippen molar-refractivity contribution in [2.75, 3.05) is 18.5 Å². The van der Waals surface area contributed by atoms with Gasteiger partial charge in [-0.2, -0.15) is 0 Å². The van der Waals surface area contributed by atoms with Crippen molar-refractivity contribution in [2.24, 2.45) is 9.98 Å². The molecular formula is C16H18N6O5S2. The number of aliphatic imine (C=N–C) groups is 2. The molecule has 4 rings (SSSR count). The highest BCUT2D eigenvalue weighted by Gasteiger charge is 2.44. The van der Waals surface area contributed by atoms with E-state index in [-0.39, 0.29) is 6.54 Å². The molecule has 5 N–H and O–H groups in total. The van der Waals surface area contributed by atoms with Crippen LogP contribution >= 0.6 is 23.1 Å². The van der Waals surface area contributed by atoms with Gasteiger partial charge < -0.3 is 30.5 Å². The van der Waals surface area contributed by atoms with Crippen LogP contribution in [-0.4, -0.2) is 89.6 Å². The topological polar surface area (TPSA) is 166 Å². The van der Waals surface area contributed by atoms with Gasteiger partial charge in [0.15, 0.2) is 10.2 Å². The lowest BCUT2D eigenvalue weighted by molar-refractivity contribution is -0.205. The Bertz CT molecular complexity index is 908. The number of hydrogen-bond donors (Lipinski definition) is 5. The summed E-state index contributed by atoms with van der Waals surface area (Å²) in [6, 6.07) is 3.71. The third-order valence-corrected chi connectivity index (χ3v) is 6.19. The van der Waals surface area contributed by atoms with Crippen LogP contribution in [0.25, 0.3) is 10.6 Å². The summed E-state index contributed by atoms with van der Waals surface area (Å²) in [4.78, 5) is 12.7. The summed E-state index contributed by atoms with van der Waals surface area (Å²) in [7, 11) is 0. The van der Waals surface area contributed by atoms with Crippen LogP contribution in [0.5, 0.6) is 0 Å². The van der Waals surface area contributed by atoms with Gasteiger partial charge in [0.05, 0.1) is 6.61 Å². The number of nitrogens with one attached hydrogen (secondary N) is 1. The van der Waals surface area contributed by atoms with Gasteiger partial charge >= 0.3 is 0 Å². The molecule has 2 aliphatic rings. The summed E-state index contributed by atoms with van der Waals surface area (Å²) in [5, 5.41) is 52.0. The number of hydrogen-bond acceptors (Lipinski definition) is 13. The Morgan fingerprint density at radius 2 is 2.07 bits per heavy atom. The van der Waals surface area contributed by atoms with Crippen molar-refractivity contribution in [2.45, 2.75) is 29.9 Å². The molecule has 0 saturated carbocycles. The monoisotopic (exact) mass is 438 g/mol. The lowest BCUT2D eigenvalue weighted by atomic mass is 10.0. The summed E-state index contributed by atoms with van der Waals surface area (Å²) in [5.41, 5.74) is -0.0624. The Balaban J connectivity index is 1.38. The molecule has 5 unspecified atom stereocenters. The van der Waals surface area contributed by atoms with Gasteiger partial charge in [0.25, 0.3) is 0 Å². The SMILES string of the molecule is OCC1OC(SC2=NCC(Nc3nnc(-c4cccnc4)s3)=N2)C(O)C(O)C1O. The van der Waals surface area contributed by atoms with Crippen molar-refractivity contribution in [1.29, 1.82) is 0 Å². The summed E-state index contributed by atoms with van der Waals surface area (Å²) >= 11 is 2.35. The zero-order valence-corrected chi connectivity index (χ0v) is 16.5. The van der Waals surface area contributed by atoms with Crippen LogP contribution in [0.4, 0.5) is 5.13 Å². The highest BCUT2D eigenvalue weighted by Crippen LogP contribution is 2.31. The lowest BCUT2D eigenvalue weighted by Crippen LogP contribution is -2.57. The minimum absolute atomic E-state index is 0.279. The third-order valence-electron chi connectivity index (χ3n) is 4.25. The van der Waals surface area contributed by atoms with E-state index in [1.807, 2.05) is 12.1 Å². The molecule has 2 aromatic rings. The molecule has 154 valence electrons. The van der Waals surface area contributed by atoms with Crippen molar-refractivity contribution >= 4 is 39.2 Å². The standard InChI is InChI=1S/C16H18N6O5S2/c23-6-8-10(24)11(25)12(26)14(27-8)29-15-18-5-9(19-15)20-16-22-21-13(28-16)7-2-1-3-17-4-7/h1-4,8,10-12,14,23-26H,5-6H2,(H,18,19,20,22). The molecule has 13 heteroatoms. The number of pyridine rings is 1. The third kappa shape index (κ3) is 4.45. The van der Waals surface area contributed by atoms with Crippen LogP contribution in [0, 0.1) is 0 Å². The van der Waals surface area contributed by atoms with Gasteiger partial charge in [-0.15, -0.1) is 10.2 Å². The second-order valence-corrected chi connectivity index (χ2v) is 8.29. The second-order valence-electron chi connectivity index (χ2n) is 6.25. The normalized spacial score (nSPS) is 29.4. The van der Waals surface area contributed by atoms with Gasteiger partial charge in [0.2, 0.25) is 5.13 Å². The Hall–Kier alpha value is -2.00. The number of amidine groups is 2. The number of anilines is 1. The van der Waals surface area contributed by atoms with Gasteiger partial charge in [-0.25, -0.2) is 4.99 Å². The summed E-state index contributed by atoms with van der Waals surface area (Å²) < 4.78 is 5.45.